The van der Waals surface area contributed by atoms with Gasteiger partial charge >= 0.3 is 0 Å². The Morgan fingerprint density at radius 2 is 1.88 bits per heavy atom. The van der Waals surface area contributed by atoms with E-state index in [-0.39, 0.29) is 0 Å². The Balaban J connectivity index is 2.25. The number of hydrogen-bond donors (Lipinski definition) is 1. The number of aryl methyl sites for hydroxylation is 2. The molecule has 3 unspecified atom stereocenters. The summed E-state index contributed by atoms with van der Waals surface area (Å²) in [5.74, 6) is 1.74. The molecule has 0 heterocycles. The molecule has 2 rings (SSSR count). The molecule has 17 heavy (non-hydrogen) atoms. The average molecular weight is 231 g/mol. The van der Waals surface area contributed by atoms with Gasteiger partial charge in [0.05, 0.1) is 0 Å². The highest BCUT2D eigenvalue weighted by Gasteiger charge is 2.39. The molecule has 1 aromatic carbocycles. The first-order chi connectivity index (χ1) is 8.21. The molecule has 0 aliphatic heterocycles. The Labute approximate surface area is 106 Å². The third-order valence-corrected chi connectivity index (χ3v) is 4.26. The molecule has 3 atom stereocenters. The molecule has 1 N–H and O–H groups in total. The highest BCUT2D eigenvalue weighted by molar-refractivity contribution is 5.34. The van der Waals surface area contributed by atoms with Crippen molar-refractivity contribution in [3.05, 3.63) is 34.9 Å². The van der Waals surface area contributed by atoms with Crippen molar-refractivity contribution in [2.75, 3.05) is 7.05 Å². The van der Waals surface area contributed by atoms with E-state index in [1.165, 1.54) is 23.1 Å². The van der Waals surface area contributed by atoms with Gasteiger partial charge in [-0.3, -0.25) is 0 Å². The maximum Gasteiger partial charge on any atom is 0.0348 e. The first kappa shape index (κ1) is 12.6. The lowest BCUT2D eigenvalue weighted by Gasteiger charge is -2.18. The van der Waals surface area contributed by atoms with Crippen LogP contribution in [0.5, 0.6) is 0 Å². The standard InChI is InChI=1S/C16H25N/c1-5-12-7-8-14(10-13(12)6-2)16(17-4)15-9-11(15)3/h7-8,10-11,15-17H,5-6,9H2,1-4H3. The maximum absolute atomic E-state index is 3.50. The van der Waals surface area contributed by atoms with Crippen LogP contribution in [0.1, 0.15) is 49.9 Å². The first-order valence-electron chi connectivity index (χ1n) is 7.00. The molecule has 1 saturated carbocycles. The summed E-state index contributed by atoms with van der Waals surface area (Å²) in [4.78, 5) is 0. The molecule has 0 radical (unpaired) electrons. The van der Waals surface area contributed by atoms with E-state index in [9.17, 15) is 0 Å². The van der Waals surface area contributed by atoms with Crippen molar-refractivity contribution in [3.8, 4) is 0 Å². The maximum atomic E-state index is 3.50. The van der Waals surface area contributed by atoms with E-state index in [0.29, 0.717) is 6.04 Å². The molecule has 0 amide bonds. The molecular formula is C16H25N. The molecule has 1 aliphatic rings. The third kappa shape index (κ3) is 2.55. The van der Waals surface area contributed by atoms with Gasteiger partial charge in [0, 0.05) is 6.04 Å². The largest absolute Gasteiger partial charge is 0.313 e. The molecule has 1 aromatic rings. The van der Waals surface area contributed by atoms with Crippen molar-refractivity contribution in [2.45, 2.75) is 46.1 Å². The second kappa shape index (κ2) is 5.22. The Morgan fingerprint density at radius 1 is 1.24 bits per heavy atom. The van der Waals surface area contributed by atoms with E-state index < -0.39 is 0 Å². The van der Waals surface area contributed by atoms with Crippen LogP contribution in [-0.4, -0.2) is 7.05 Å². The van der Waals surface area contributed by atoms with Crippen LogP contribution in [0.4, 0.5) is 0 Å². The lowest BCUT2D eigenvalue weighted by atomic mass is 9.94. The number of benzene rings is 1. The van der Waals surface area contributed by atoms with Gasteiger partial charge in [-0.2, -0.15) is 0 Å². The summed E-state index contributed by atoms with van der Waals surface area (Å²) < 4.78 is 0. The van der Waals surface area contributed by atoms with Gasteiger partial charge in [0.25, 0.3) is 0 Å². The summed E-state index contributed by atoms with van der Waals surface area (Å²) in [5.41, 5.74) is 4.52. The number of hydrogen-bond acceptors (Lipinski definition) is 1. The van der Waals surface area contributed by atoms with Crippen molar-refractivity contribution in [1.82, 2.24) is 5.32 Å². The second-order valence-corrected chi connectivity index (χ2v) is 5.38. The van der Waals surface area contributed by atoms with E-state index in [1.807, 2.05) is 0 Å². The van der Waals surface area contributed by atoms with Crippen LogP contribution in [0.3, 0.4) is 0 Å². The molecule has 1 aliphatic carbocycles. The Bertz CT molecular complexity index is 383. The van der Waals surface area contributed by atoms with Gasteiger partial charge in [-0.25, -0.2) is 0 Å². The Morgan fingerprint density at radius 3 is 2.35 bits per heavy atom. The van der Waals surface area contributed by atoms with Gasteiger partial charge < -0.3 is 5.32 Å². The summed E-state index contributed by atoms with van der Waals surface area (Å²) in [5, 5.41) is 3.50. The zero-order chi connectivity index (χ0) is 12.4. The van der Waals surface area contributed by atoms with Crippen LogP contribution < -0.4 is 5.32 Å². The average Bonchev–Trinajstić information content (AvgIpc) is 3.07. The van der Waals surface area contributed by atoms with Gasteiger partial charge in [0.1, 0.15) is 0 Å². The molecule has 0 saturated heterocycles. The topological polar surface area (TPSA) is 12.0 Å². The molecule has 1 nitrogen and oxygen atoms in total. The van der Waals surface area contributed by atoms with Crippen LogP contribution in [0.25, 0.3) is 0 Å². The predicted octanol–water partition coefficient (Wildman–Crippen LogP) is 3.73. The summed E-state index contributed by atoms with van der Waals surface area (Å²) in [6, 6.07) is 7.63. The SMILES string of the molecule is CCc1ccc(C(NC)C2CC2C)cc1CC. The summed E-state index contributed by atoms with van der Waals surface area (Å²) in [7, 11) is 2.09. The summed E-state index contributed by atoms with van der Waals surface area (Å²) in [6.07, 6.45) is 3.67. The lowest BCUT2D eigenvalue weighted by Crippen LogP contribution is -2.19. The summed E-state index contributed by atoms with van der Waals surface area (Å²) >= 11 is 0. The van der Waals surface area contributed by atoms with E-state index >= 15 is 0 Å². The van der Waals surface area contributed by atoms with E-state index in [0.717, 1.165) is 24.7 Å². The van der Waals surface area contributed by atoms with Crippen molar-refractivity contribution < 1.29 is 0 Å². The highest BCUT2D eigenvalue weighted by atomic mass is 14.9. The molecule has 94 valence electrons. The summed E-state index contributed by atoms with van der Waals surface area (Å²) in [6.45, 7) is 6.86. The minimum Gasteiger partial charge on any atom is -0.313 e. The van der Waals surface area contributed by atoms with Gasteiger partial charge in [-0.15, -0.1) is 0 Å². The fourth-order valence-electron chi connectivity index (χ4n) is 2.96. The minimum atomic E-state index is 0.557. The Hall–Kier alpha value is -0.820. The molecule has 0 spiro atoms. The van der Waals surface area contributed by atoms with Gasteiger partial charge in [0.15, 0.2) is 0 Å². The van der Waals surface area contributed by atoms with E-state index in [2.05, 4.69) is 51.3 Å². The van der Waals surface area contributed by atoms with Gasteiger partial charge in [-0.05, 0) is 54.8 Å². The van der Waals surface area contributed by atoms with Crippen LogP contribution in [0.2, 0.25) is 0 Å². The van der Waals surface area contributed by atoms with Crippen LogP contribution in [-0.2, 0) is 12.8 Å². The molecule has 1 heteroatoms. The van der Waals surface area contributed by atoms with Crippen LogP contribution in [0.15, 0.2) is 18.2 Å². The quantitative estimate of drug-likeness (QED) is 0.814. The fraction of sp³-hybridized carbons (Fsp3) is 0.625. The molecular weight excluding hydrogens is 206 g/mol. The molecule has 1 fully saturated rings. The van der Waals surface area contributed by atoms with Crippen molar-refractivity contribution in [1.29, 1.82) is 0 Å². The van der Waals surface area contributed by atoms with Gasteiger partial charge in [0.2, 0.25) is 0 Å². The minimum absolute atomic E-state index is 0.557. The Kier molecular flexibility index (Phi) is 3.88. The second-order valence-electron chi connectivity index (χ2n) is 5.38. The van der Waals surface area contributed by atoms with Crippen LogP contribution >= 0.6 is 0 Å². The van der Waals surface area contributed by atoms with Crippen LogP contribution in [0, 0.1) is 11.8 Å². The molecule has 0 bridgehead atoms. The number of rotatable bonds is 5. The predicted molar refractivity (Wildman–Crippen MR) is 74.3 cm³/mol. The molecule has 0 aromatic heterocycles. The van der Waals surface area contributed by atoms with Crippen molar-refractivity contribution in [3.63, 3.8) is 0 Å². The number of nitrogens with one attached hydrogen (secondary N) is 1. The zero-order valence-electron chi connectivity index (χ0n) is 11.6. The van der Waals surface area contributed by atoms with E-state index in [1.54, 1.807) is 0 Å². The lowest BCUT2D eigenvalue weighted by molar-refractivity contribution is 0.503. The third-order valence-electron chi connectivity index (χ3n) is 4.26. The normalized spacial score (nSPS) is 24.7. The van der Waals surface area contributed by atoms with Crippen molar-refractivity contribution >= 4 is 0 Å². The zero-order valence-corrected chi connectivity index (χ0v) is 11.6. The monoisotopic (exact) mass is 231 g/mol. The van der Waals surface area contributed by atoms with Gasteiger partial charge in [-0.1, -0.05) is 39.0 Å². The van der Waals surface area contributed by atoms with Crippen molar-refractivity contribution in [2.24, 2.45) is 11.8 Å². The highest BCUT2D eigenvalue weighted by Crippen LogP contribution is 2.46. The smallest absolute Gasteiger partial charge is 0.0348 e. The fourth-order valence-corrected chi connectivity index (χ4v) is 2.96. The van der Waals surface area contributed by atoms with E-state index in [4.69, 9.17) is 0 Å². The first-order valence-corrected chi connectivity index (χ1v) is 7.00.